The zero-order chi connectivity index (χ0) is 10.6. The zero-order valence-electron chi connectivity index (χ0n) is 10.3. The summed E-state index contributed by atoms with van der Waals surface area (Å²) in [6, 6.07) is 0. The molecule has 0 spiro atoms. The SMILES string of the molecule is CC(C)CC1=CC(CC(C)C)CCC1. The van der Waals surface area contributed by atoms with Gasteiger partial charge in [0.05, 0.1) is 0 Å². The maximum absolute atomic E-state index is 2.59. The van der Waals surface area contributed by atoms with Gasteiger partial charge in [0.2, 0.25) is 0 Å². The van der Waals surface area contributed by atoms with Crippen molar-refractivity contribution >= 4 is 0 Å². The smallest absolute Gasteiger partial charge is 0.0228 e. The lowest BCUT2D eigenvalue weighted by Crippen LogP contribution is -2.08. The Hall–Kier alpha value is -0.260. The van der Waals surface area contributed by atoms with E-state index in [-0.39, 0.29) is 0 Å². The highest BCUT2D eigenvalue weighted by molar-refractivity contribution is 5.08. The molecule has 14 heavy (non-hydrogen) atoms. The average molecular weight is 194 g/mol. The van der Waals surface area contributed by atoms with E-state index in [0.717, 1.165) is 17.8 Å². The first-order valence-electron chi connectivity index (χ1n) is 6.27. The third-order valence-electron chi connectivity index (χ3n) is 2.99. The van der Waals surface area contributed by atoms with Gasteiger partial charge in [-0.2, -0.15) is 0 Å². The third-order valence-corrected chi connectivity index (χ3v) is 2.99. The van der Waals surface area contributed by atoms with Gasteiger partial charge in [-0.05, 0) is 49.9 Å². The first-order valence-corrected chi connectivity index (χ1v) is 6.27. The monoisotopic (exact) mass is 194 g/mol. The summed E-state index contributed by atoms with van der Waals surface area (Å²) in [5, 5.41) is 0. The molecule has 0 aromatic carbocycles. The minimum atomic E-state index is 0.832. The molecule has 0 aromatic rings. The fraction of sp³-hybridized carbons (Fsp3) is 0.857. The van der Waals surface area contributed by atoms with Crippen molar-refractivity contribution in [3.8, 4) is 0 Å². The number of hydrogen-bond donors (Lipinski definition) is 0. The van der Waals surface area contributed by atoms with Crippen molar-refractivity contribution in [2.24, 2.45) is 17.8 Å². The molecule has 0 nitrogen and oxygen atoms in total. The Labute approximate surface area is 89.8 Å². The normalized spacial score (nSPS) is 23.0. The van der Waals surface area contributed by atoms with Crippen LogP contribution < -0.4 is 0 Å². The van der Waals surface area contributed by atoms with Crippen LogP contribution in [0.5, 0.6) is 0 Å². The van der Waals surface area contributed by atoms with Gasteiger partial charge in [-0.15, -0.1) is 0 Å². The van der Waals surface area contributed by atoms with Crippen LogP contribution in [-0.4, -0.2) is 0 Å². The van der Waals surface area contributed by atoms with Gasteiger partial charge in [0.25, 0.3) is 0 Å². The van der Waals surface area contributed by atoms with Gasteiger partial charge in [-0.25, -0.2) is 0 Å². The Kier molecular flexibility index (Phi) is 4.71. The third kappa shape index (κ3) is 4.30. The number of allylic oxidation sites excluding steroid dienone is 2. The second-order valence-corrected chi connectivity index (χ2v) is 5.70. The lowest BCUT2D eigenvalue weighted by atomic mass is 9.83. The predicted octanol–water partition coefficient (Wildman–Crippen LogP) is 4.81. The first-order chi connectivity index (χ1) is 6.58. The fourth-order valence-electron chi connectivity index (χ4n) is 2.58. The van der Waals surface area contributed by atoms with Crippen LogP contribution in [0.2, 0.25) is 0 Å². The van der Waals surface area contributed by atoms with Gasteiger partial charge >= 0.3 is 0 Å². The van der Waals surface area contributed by atoms with Crippen molar-refractivity contribution in [1.82, 2.24) is 0 Å². The van der Waals surface area contributed by atoms with Crippen LogP contribution in [0.4, 0.5) is 0 Å². The van der Waals surface area contributed by atoms with Gasteiger partial charge < -0.3 is 0 Å². The van der Waals surface area contributed by atoms with E-state index in [1.165, 1.54) is 32.1 Å². The van der Waals surface area contributed by atoms with Crippen molar-refractivity contribution in [2.45, 2.75) is 59.8 Å². The molecule has 0 aliphatic heterocycles. The highest BCUT2D eigenvalue weighted by Gasteiger charge is 2.15. The summed E-state index contributed by atoms with van der Waals surface area (Å²) >= 11 is 0. The molecular formula is C14H26. The molecule has 0 N–H and O–H groups in total. The second kappa shape index (κ2) is 5.58. The summed E-state index contributed by atoms with van der Waals surface area (Å²) in [4.78, 5) is 0. The van der Waals surface area contributed by atoms with Gasteiger partial charge in [0.1, 0.15) is 0 Å². The first kappa shape index (κ1) is 11.8. The van der Waals surface area contributed by atoms with Crippen molar-refractivity contribution < 1.29 is 0 Å². The van der Waals surface area contributed by atoms with Gasteiger partial charge in [-0.3, -0.25) is 0 Å². The quantitative estimate of drug-likeness (QED) is 0.564. The molecule has 0 heterocycles. The molecular weight excluding hydrogens is 168 g/mol. The molecule has 0 saturated heterocycles. The fourth-order valence-corrected chi connectivity index (χ4v) is 2.58. The van der Waals surface area contributed by atoms with E-state index in [1.807, 2.05) is 0 Å². The Balaban J connectivity index is 2.46. The average Bonchev–Trinajstić information content (AvgIpc) is 2.01. The minimum absolute atomic E-state index is 0.832. The molecule has 1 unspecified atom stereocenters. The summed E-state index contributed by atoms with van der Waals surface area (Å²) < 4.78 is 0. The molecule has 0 bridgehead atoms. The van der Waals surface area contributed by atoms with E-state index in [1.54, 1.807) is 5.57 Å². The summed E-state index contributed by atoms with van der Waals surface area (Å²) in [5.41, 5.74) is 1.73. The standard InChI is InChI=1S/C14H26/c1-11(2)8-13-6-5-7-14(10-13)9-12(3)4/h10-13H,5-9H2,1-4H3. The van der Waals surface area contributed by atoms with Crippen molar-refractivity contribution in [3.63, 3.8) is 0 Å². The van der Waals surface area contributed by atoms with Crippen LogP contribution in [0.15, 0.2) is 11.6 Å². The molecule has 1 rings (SSSR count). The zero-order valence-corrected chi connectivity index (χ0v) is 10.3. The maximum atomic E-state index is 2.59. The molecule has 0 amide bonds. The molecule has 0 saturated carbocycles. The molecule has 82 valence electrons. The molecule has 0 aromatic heterocycles. The van der Waals surface area contributed by atoms with Crippen LogP contribution in [0.3, 0.4) is 0 Å². The molecule has 0 heteroatoms. The lowest BCUT2D eigenvalue weighted by Gasteiger charge is -2.23. The Morgan fingerprint density at radius 2 is 1.93 bits per heavy atom. The summed E-state index contributed by atoms with van der Waals surface area (Å²) in [6.45, 7) is 9.33. The highest BCUT2D eigenvalue weighted by atomic mass is 14.2. The van der Waals surface area contributed by atoms with Gasteiger partial charge in [0, 0.05) is 0 Å². The van der Waals surface area contributed by atoms with Crippen LogP contribution in [0.1, 0.15) is 59.8 Å². The van der Waals surface area contributed by atoms with E-state index in [9.17, 15) is 0 Å². The summed E-state index contributed by atoms with van der Waals surface area (Å²) in [7, 11) is 0. The Bertz CT molecular complexity index is 186. The lowest BCUT2D eigenvalue weighted by molar-refractivity contribution is 0.417. The van der Waals surface area contributed by atoms with E-state index >= 15 is 0 Å². The number of rotatable bonds is 4. The van der Waals surface area contributed by atoms with Gasteiger partial charge in [0.15, 0.2) is 0 Å². The van der Waals surface area contributed by atoms with Crippen molar-refractivity contribution in [3.05, 3.63) is 11.6 Å². The highest BCUT2D eigenvalue weighted by Crippen LogP contribution is 2.30. The maximum Gasteiger partial charge on any atom is -0.0228 e. The molecule has 0 radical (unpaired) electrons. The Morgan fingerprint density at radius 3 is 2.50 bits per heavy atom. The minimum Gasteiger partial charge on any atom is -0.0822 e. The molecule has 1 aliphatic carbocycles. The molecule has 0 fully saturated rings. The van der Waals surface area contributed by atoms with E-state index in [0.29, 0.717) is 0 Å². The molecule has 1 atom stereocenters. The predicted molar refractivity (Wildman–Crippen MR) is 64.3 cm³/mol. The van der Waals surface area contributed by atoms with Crippen LogP contribution in [-0.2, 0) is 0 Å². The van der Waals surface area contributed by atoms with Crippen molar-refractivity contribution in [2.75, 3.05) is 0 Å². The Morgan fingerprint density at radius 1 is 1.21 bits per heavy atom. The summed E-state index contributed by atoms with van der Waals surface area (Å²) in [6.07, 6.45) is 9.53. The largest absolute Gasteiger partial charge is 0.0822 e. The van der Waals surface area contributed by atoms with Crippen molar-refractivity contribution in [1.29, 1.82) is 0 Å². The van der Waals surface area contributed by atoms with Crippen LogP contribution in [0.25, 0.3) is 0 Å². The van der Waals surface area contributed by atoms with E-state index < -0.39 is 0 Å². The van der Waals surface area contributed by atoms with Crippen LogP contribution in [0, 0.1) is 17.8 Å². The van der Waals surface area contributed by atoms with Gasteiger partial charge in [-0.1, -0.05) is 39.3 Å². The topological polar surface area (TPSA) is 0 Å². The van der Waals surface area contributed by atoms with E-state index in [4.69, 9.17) is 0 Å². The molecule has 1 aliphatic rings. The van der Waals surface area contributed by atoms with E-state index in [2.05, 4.69) is 33.8 Å². The van der Waals surface area contributed by atoms with Crippen LogP contribution >= 0.6 is 0 Å². The number of hydrogen-bond acceptors (Lipinski definition) is 0. The summed E-state index contributed by atoms with van der Waals surface area (Å²) in [5.74, 6) is 2.58. The second-order valence-electron chi connectivity index (χ2n) is 5.70.